The van der Waals surface area contributed by atoms with E-state index in [1.165, 1.54) is 11.8 Å². The number of rotatable bonds is 2. The van der Waals surface area contributed by atoms with Crippen LogP contribution in [0.25, 0.3) is 0 Å². The number of benzene rings is 2. The van der Waals surface area contributed by atoms with Crippen LogP contribution in [0.1, 0.15) is 15.9 Å². The van der Waals surface area contributed by atoms with Crippen LogP contribution in [0.2, 0.25) is 0 Å². The lowest BCUT2D eigenvalue weighted by Gasteiger charge is -2.22. The van der Waals surface area contributed by atoms with E-state index in [2.05, 4.69) is 9.71 Å². The molecule has 4 rings (SSSR count). The Kier molecular flexibility index (Phi) is 3.81. The number of thioether (sulfide) groups is 1. The first-order valence-corrected chi connectivity index (χ1v) is 10.1. The second-order valence-electron chi connectivity index (χ2n) is 5.92. The normalized spacial score (nSPS) is 17.5. The highest BCUT2D eigenvalue weighted by Gasteiger charge is 2.33. The van der Waals surface area contributed by atoms with Gasteiger partial charge in [-0.3, -0.25) is 4.79 Å². The summed E-state index contributed by atoms with van der Waals surface area (Å²) < 4.78 is 27.1. The van der Waals surface area contributed by atoms with Gasteiger partial charge in [-0.25, -0.2) is 8.42 Å². The zero-order valence-corrected chi connectivity index (χ0v) is 15.0. The van der Waals surface area contributed by atoms with E-state index < -0.39 is 10.0 Å². The summed E-state index contributed by atoms with van der Waals surface area (Å²) in [5, 5.41) is 3.32. The van der Waals surface area contributed by atoms with Crippen LogP contribution in [0.5, 0.6) is 0 Å². The molecule has 1 amide bonds. The Hall–Kier alpha value is -2.32. The molecule has 8 heteroatoms. The van der Waals surface area contributed by atoms with E-state index in [1.54, 1.807) is 12.1 Å². The zero-order valence-electron chi connectivity index (χ0n) is 13.4. The highest BCUT2D eigenvalue weighted by Crippen LogP contribution is 2.42. The van der Waals surface area contributed by atoms with Gasteiger partial charge in [0, 0.05) is 22.7 Å². The lowest BCUT2D eigenvalue weighted by atomic mass is 10.1. The van der Waals surface area contributed by atoms with Crippen molar-refractivity contribution in [3.63, 3.8) is 0 Å². The third-order valence-corrected chi connectivity index (χ3v) is 6.35. The number of amidine groups is 1. The maximum absolute atomic E-state index is 12.5. The van der Waals surface area contributed by atoms with Crippen LogP contribution >= 0.6 is 11.8 Å². The summed E-state index contributed by atoms with van der Waals surface area (Å²) in [6, 6.07) is 12.9. The first-order chi connectivity index (χ1) is 11.9. The predicted molar refractivity (Wildman–Crippen MR) is 100.0 cm³/mol. The standard InChI is InChI=1S/C17H15N3O3S2/c1-11-2-5-13(6-3-11)18-16(21)12-4-7-14-15(10-12)24-17-19-25(22,23)9-8-20(14)17/h2-7,10H,8-9H2,1H3,(H,18,21). The number of carbonyl (C=O) groups is 1. The summed E-state index contributed by atoms with van der Waals surface area (Å²) in [6.45, 7) is 2.37. The van der Waals surface area contributed by atoms with Crippen LogP contribution in [0.3, 0.4) is 0 Å². The molecule has 0 aromatic heterocycles. The second kappa shape index (κ2) is 5.89. The van der Waals surface area contributed by atoms with Gasteiger partial charge >= 0.3 is 0 Å². The van der Waals surface area contributed by atoms with E-state index in [0.29, 0.717) is 17.3 Å². The van der Waals surface area contributed by atoms with E-state index >= 15 is 0 Å². The van der Waals surface area contributed by atoms with Crippen molar-refractivity contribution in [3.8, 4) is 0 Å². The van der Waals surface area contributed by atoms with Crippen molar-refractivity contribution in [3.05, 3.63) is 53.6 Å². The second-order valence-corrected chi connectivity index (χ2v) is 8.68. The van der Waals surface area contributed by atoms with E-state index in [4.69, 9.17) is 0 Å². The number of aryl methyl sites for hydroxylation is 1. The molecule has 2 aromatic rings. The molecule has 0 unspecified atom stereocenters. The molecule has 0 radical (unpaired) electrons. The third kappa shape index (κ3) is 3.14. The Morgan fingerprint density at radius 2 is 1.96 bits per heavy atom. The Balaban J connectivity index is 1.59. The molecule has 2 aliphatic rings. The molecule has 25 heavy (non-hydrogen) atoms. The van der Waals surface area contributed by atoms with Crippen molar-refractivity contribution < 1.29 is 13.2 Å². The maximum atomic E-state index is 12.5. The van der Waals surface area contributed by atoms with Gasteiger partial charge < -0.3 is 10.2 Å². The number of fused-ring (bicyclic) bond motifs is 3. The minimum absolute atomic E-state index is 0.00611. The Morgan fingerprint density at radius 1 is 1.20 bits per heavy atom. The fourth-order valence-electron chi connectivity index (χ4n) is 2.71. The molecule has 1 N–H and O–H groups in total. The third-order valence-electron chi connectivity index (χ3n) is 4.04. The number of carbonyl (C=O) groups excluding carboxylic acids is 1. The van der Waals surface area contributed by atoms with Gasteiger partial charge in [-0.2, -0.15) is 0 Å². The summed E-state index contributed by atoms with van der Waals surface area (Å²) in [5.41, 5.74) is 3.27. The topological polar surface area (TPSA) is 78.8 Å². The van der Waals surface area contributed by atoms with Crippen LogP contribution in [0.15, 0.2) is 51.8 Å². The van der Waals surface area contributed by atoms with Crippen molar-refractivity contribution >= 4 is 44.2 Å². The molecule has 128 valence electrons. The fraction of sp³-hybridized carbons (Fsp3) is 0.176. The molecular weight excluding hydrogens is 358 g/mol. The van der Waals surface area contributed by atoms with Crippen LogP contribution < -0.4 is 10.2 Å². The van der Waals surface area contributed by atoms with Gasteiger partial charge in [-0.05, 0) is 49.0 Å². The van der Waals surface area contributed by atoms with Crippen LogP contribution in [-0.2, 0) is 10.0 Å². The molecular formula is C17H15N3O3S2. The quantitative estimate of drug-likeness (QED) is 0.876. The number of anilines is 2. The Labute approximate surface area is 150 Å². The minimum Gasteiger partial charge on any atom is -0.322 e. The summed E-state index contributed by atoms with van der Waals surface area (Å²) in [6.07, 6.45) is 0. The van der Waals surface area contributed by atoms with Crippen molar-refractivity contribution in [1.82, 2.24) is 0 Å². The fourth-order valence-corrected chi connectivity index (χ4v) is 5.01. The Bertz CT molecular complexity index is 998. The summed E-state index contributed by atoms with van der Waals surface area (Å²) >= 11 is 1.28. The van der Waals surface area contributed by atoms with Crippen LogP contribution in [0, 0.1) is 6.92 Å². The van der Waals surface area contributed by atoms with Gasteiger partial charge in [0.2, 0.25) is 0 Å². The van der Waals surface area contributed by atoms with E-state index in [9.17, 15) is 13.2 Å². The molecule has 2 aliphatic heterocycles. The number of nitrogens with zero attached hydrogens (tertiary/aromatic N) is 2. The number of amides is 1. The smallest absolute Gasteiger partial charge is 0.257 e. The molecule has 0 fully saturated rings. The van der Waals surface area contributed by atoms with E-state index in [1.807, 2.05) is 42.2 Å². The molecule has 2 aromatic carbocycles. The van der Waals surface area contributed by atoms with Gasteiger partial charge in [-0.15, -0.1) is 4.40 Å². The van der Waals surface area contributed by atoms with Crippen molar-refractivity contribution in [2.75, 3.05) is 22.5 Å². The van der Waals surface area contributed by atoms with Gasteiger partial charge in [0.15, 0.2) is 5.17 Å². The average molecular weight is 373 g/mol. The van der Waals surface area contributed by atoms with Gasteiger partial charge in [0.1, 0.15) is 0 Å². The molecule has 6 nitrogen and oxygen atoms in total. The predicted octanol–water partition coefficient (Wildman–Crippen LogP) is 2.86. The number of sulfonamides is 1. The molecule has 0 spiro atoms. The largest absolute Gasteiger partial charge is 0.322 e. The number of hydrogen-bond acceptors (Lipinski definition) is 5. The zero-order chi connectivity index (χ0) is 17.6. The van der Waals surface area contributed by atoms with Crippen LogP contribution in [0.4, 0.5) is 11.4 Å². The first kappa shape index (κ1) is 16.2. The SMILES string of the molecule is Cc1ccc(NC(=O)c2ccc3c(c2)SC2=NS(=O)(=O)CCN23)cc1. The number of hydrogen-bond donors (Lipinski definition) is 1. The van der Waals surface area contributed by atoms with Gasteiger partial charge in [-0.1, -0.05) is 17.7 Å². The monoisotopic (exact) mass is 373 g/mol. The first-order valence-electron chi connectivity index (χ1n) is 7.71. The number of nitrogens with one attached hydrogen (secondary N) is 1. The van der Waals surface area contributed by atoms with Gasteiger partial charge in [0.05, 0.1) is 11.4 Å². The molecule has 2 heterocycles. The van der Waals surface area contributed by atoms with Crippen molar-refractivity contribution in [2.24, 2.45) is 4.40 Å². The molecule has 0 aliphatic carbocycles. The van der Waals surface area contributed by atoms with Crippen molar-refractivity contribution in [2.45, 2.75) is 11.8 Å². The average Bonchev–Trinajstić information content (AvgIpc) is 2.91. The molecule has 0 saturated heterocycles. The minimum atomic E-state index is -3.38. The van der Waals surface area contributed by atoms with Crippen LogP contribution in [-0.4, -0.2) is 31.8 Å². The maximum Gasteiger partial charge on any atom is 0.257 e. The van der Waals surface area contributed by atoms with Gasteiger partial charge in [0.25, 0.3) is 15.9 Å². The highest BCUT2D eigenvalue weighted by molar-refractivity contribution is 8.15. The van der Waals surface area contributed by atoms with E-state index in [0.717, 1.165) is 21.8 Å². The van der Waals surface area contributed by atoms with Crippen molar-refractivity contribution in [1.29, 1.82) is 0 Å². The molecule has 0 bridgehead atoms. The lowest BCUT2D eigenvalue weighted by Crippen LogP contribution is -2.35. The molecule has 0 atom stereocenters. The van der Waals surface area contributed by atoms with E-state index in [-0.39, 0.29) is 11.7 Å². The summed E-state index contributed by atoms with van der Waals surface area (Å²) in [4.78, 5) is 15.2. The summed E-state index contributed by atoms with van der Waals surface area (Å²) in [7, 11) is -3.38. The molecule has 0 saturated carbocycles. The lowest BCUT2D eigenvalue weighted by molar-refractivity contribution is 0.102. The summed E-state index contributed by atoms with van der Waals surface area (Å²) in [5.74, 6) is -0.196. The highest BCUT2D eigenvalue weighted by atomic mass is 32.2. The Morgan fingerprint density at radius 3 is 2.72 bits per heavy atom.